The minimum atomic E-state index is 0.457. The van der Waals surface area contributed by atoms with Gasteiger partial charge in [-0.3, -0.25) is 9.67 Å². The van der Waals surface area contributed by atoms with Crippen LogP contribution in [0.3, 0.4) is 0 Å². The van der Waals surface area contributed by atoms with Crippen LogP contribution in [-0.4, -0.2) is 47.5 Å². The predicted molar refractivity (Wildman–Crippen MR) is 112 cm³/mol. The number of aliphatic imine (C=N–C) groups is 1. The van der Waals surface area contributed by atoms with Crippen molar-refractivity contribution in [1.29, 1.82) is 0 Å². The third-order valence-electron chi connectivity index (χ3n) is 4.35. The summed E-state index contributed by atoms with van der Waals surface area (Å²) in [5.74, 6) is 1.37. The van der Waals surface area contributed by atoms with Crippen LogP contribution in [0.1, 0.15) is 23.9 Å². The lowest BCUT2D eigenvalue weighted by molar-refractivity contribution is 0.418. The van der Waals surface area contributed by atoms with Crippen LogP contribution in [0.5, 0.6) is 0 Å². The highest BCUT2D eigenvalue weighted by Gasteiger charge is 2.11. The molecule has 26 heavy (non-hydrogen) atoms. The number of nitrogens with zero attached hydrogens (tertiary/aromatic N) is 4. The molecule has 0 saturated heterocycles. The Balaban J connectivity index is 1.86. The summed E-state index contributed by atoms with van der Waals surface area (Å²) in [7, 11) is 3.91. The van der Waals surface area contributed by atoms with E-state index in [0.717, 1.165) is 31.3 Å². The van der Waals surface area contributed by atoms with Crippen molar-refractivity contribution < 1.29 is 0 Å². The van der Waals surface area contributed by atoms with E-state index in [1.54, 1.807) is 11.8 Å². The second-order valence-electron chi connectivity index (χ2n) is 6.85. The molecule has 2 aromatic rings. The summed E-state index contributed by atoms with van der Waals surface area (Å²) in [6, 6.07) is 10.8. The number of hydrogen-bond acceptors (Lipinski definition) is 3. The molecule has 0 bridgehead atoms. The molecule has 0 aliphatic heterocycles. The van der Waals surface area contributed by atoms with Gasteiger partial charge >= 0.3 is 0 Å². The monoisotopic (exact) mass is 373 g/mol. The van der Waals surface area contributed by atoms with E-state index in [1.165, 1.54) is 16.2 Å². The van der Waals surface area contributed by atoms with Crippen LogP contribution in [0, 0.1) is 19.8 Å². The average Bonchev–Trinajstić information content (AvgIpc) is 2.93. The maximum Gasteiger partial charge on any atom is 0.193 e. The highest BCUT2D eigenvalue weighted by atomic mass is 32.2. The van der Waals surface area contributed by atoms with E-state index in [0.29, 0.717) is 5.92 Å². The number of guanidine groups is 1. The molecule has 1 aromatic carbocycles. The average molecular weight is 374 g/mol. The van der Waals surface area contributed by atoms with Crippen molar-refractivity contribution in [3.63, 3.8) is 0 Å². The summed E-state index contributed by atoms with van der Waals surface area (Å²) in [4.78, 5) is 7.87. The smallest absolute Gasteiger partial charge is 0.193 e. The van der Waals surface area contributed by atoms with Crippen molar-refractivity contribution in [2.75, 3.05) is 26.9 Å². The van der Waals surface area contributed by atoms with Crippen LogP contribution in [-0.2, 0) is 13.1 Å². The first kappa shape index (κ1) is 20.4. The third kappa shape index (κ3) is 5.80. The van der Waals surface area contributed by atoms with Crippen LogP contribution >= 0.6 is 11.8 Å². The fourth-order valence-electron chi connectivity index (χ4n) is 2.95. The molecule has 5 nitrogen and oxygen atoms in total. The second kappa shape index (κ2) is 9.67. The summed E-state index contributed by atoms with van der Waals surface area (Å²) in [6.07, 6.45) is 2.10. The van der Waals surface area contributed by atoms with Crippen molar-refractivity contribution in [2.45, 2.75) is 38.8 Å². The number of thioether (sulfide) groups is 1. The highest BCUT2D eigenvalue weighted by molar-refractivity contribution is 7.98. The lowest BCUT2D eigenvalue weighted by Gasteiger charge is -2.24. The van der Waals surface area contributed by atoms with Gasteiger partial charge in [-0.05, 0) is 49.8 Å². The summed E-state index contributed by atoms with van der Waals surface area (Å²) in [5.41, 5.74) is 3.57. The third-order valence-corrected chi connectivity index (χ3v) is 5.09. The van der Waals surface area contributed by atoms with Gasteiger partial charge in [0.05, 0.1) is 5.69 Å². The zero-order valence-corrected chi connectivity index (χ0v) is 17.6. The Bertz CT molecular complexity index is 720. The van der Waals surface area contributed by atoms with Crippen LogP contribution in [0.2, 0.25) is 0 Å². The van der Waals surface area contributed by atoms with E-state index in [9.17, 15) is 0 Å². The summed E-state index contributed by atoms with van der Waals surface area (Å²) < 4.78 is 2.08. The number of hydrogen-bond donors (Lipinski definition) is 1. The molecule has 0 aliphatic rings. The molecule has 0 amide bonds. The first-order valence-electron chi connectivity index (χ1n) is 8.98. The molecule has 142 valence electrons. The van der Waals surface area contributed by atoms with Gasteiger partial charge < -0.3 is 10.2 Å². The van der Waals surface area contributed by atoms with E-state index in [-0.39, 0.29) is 0 Å². The van der Waals surface area contributed by atoms with Gasteiger partial charge in [0.25, 0.3) is 0 Å². The van der Waals surface area contributed by atoms with Crippen molar-refractivity contribution in [2.24, 2.45) is 10.9 Å². The summed E-state index contributed by atoms with van der Waals surface area (Å²) in [5, 5.41) is 8.04. The Morgan fingerprint density at radius 1 is 1.31 bits per heavy atom. The first-order chi connectivity index (χ1) is 12.4. The number of nitrogens with one attached hydrogen (secondary N) is 1. The Labute approximate surface area is 161 Å². The Hall–Kier alpha value is -1.95. The molecular formula is C20H31N5S. The first-order valence-corrected chi connectivity index (χ1v) is 10.2. The van der Waals surface area contributed by atoms with Gasteiger partial charge in [0.2, 0.25) is 0 Å². The lowest BCUT2D eigenvalue weighted by atomic mass is 10.2. The van der Waals surface area contributed by atoms with Gasteiger partial charge in [0, 0.05) is 44.3 Å². The molecule has 1 unspecified atom stereocenters. The molecule has 1 atom stereocenters. The fraction of sp³-hybridized carbons (Fsp3) is 0.500. The summed E-state index contributed by atoms with van der Waals surface area (Å²) in [6.45, 7) is 8.98. The summed E-state index contributed by atoms with van der Waals surface area (Å²) >= 11 is 1.76. The van der Waals surface area contributed by atoms with E-state index >= 15 is 0 Å². The fourth-order valence-corrected chi connectivity index (χ4v) is 3.36. The molecule has 0 radical (unpaired) electrons. The zero-order valence-electron chi connectivity index (χ0n) is 16.8. The molecule has 0 spiro atoms. The second-order valence-corrected chi connectivity index (χ2v) is 7.73. The van der Waals surface area contributed by atoms with Crippen LogP contribution in [0.25, 0.3) is 0 Å². The molecule has 2 rings (SSSR count). The Morgan fingerprint density at radius 2 is 2.00 bits per heavy atom. The van der Waals surface area contributed by atoms with E-state index < -0.39 is 0 Å². The predicted octanol–water partition coefficient (Wildman–Crippen LogP) is 3.57. The molecule has 0 saturated carbocycles. The Morgan fingerprint density at radius 3 is 2.54 bits per heavy atom. The SMILES string of the molecule is CN=C(NCC(C)Cn1nc(C)cc1C)N(C)Cc1ccc(SC)cc1. The van der Waals surface area contributed by atoms with Gasteiger partial charge in [-0.15, -0.1) is 11.8 Å². The van der Waals surface area contributed by atoms with Gasteiger partial charge in [0.15, 0.2) is 5.96 Å². The van der Waals surface area contributed by atoms with Crippen LogP contribution < -0.4 is 5.32 Å². The maximum atomic E-state index is 4.55. The van der Waals surface area contributed by atoms with Gasteiger partial charge in [-0.1, -0.05) is 19.1 Å². The van der Waals surface area contributed by atoms with E-state index in [1.807, 2.05) is 14.0 Å². The van der Waals surface area contributed by atoms with Crippen LogP contribution in [0.15, 0.2) is 40.2 Å². The minimum absolute atomic E-state index is 0.457. The van der Waals surface area contributed by atoms with Gasteiger partial charge in [0.1, 0.15) is 0 Å². The van der Waals surface area contributed by atoms with Crippen molar-refractivity contribution in [1.82, 2.24) is 20.0 Å². The normalized spacial score (nSPS) is 12.9. The van der Waals surface area contributed by atoms with Gasteiger partial charge in [-0.25, -0.2) is 0 Å². The van der Waals surface area contributed by atoms with E-state index in [4.69, 9.17) is 0 Å². The molecule has 0 fully saturated rings. The van der Waals surface area contributed by atoms with Gasteiger partial charge in [-0.2, -0.15) is 5.10 Å². The minimum Gasteiger partial charge on any atom is -0.356 e. The molecule has 0 aliphatic carbocycles. The van der Waals surface area contributed by atoms with Crippen molar-refractivity contribution >= 4 is 17.7 Å². The van der Waals surface area contributed by atoms with Crippen LogP contribution in [0.4, 0.5) is 0 Å². The Kier molecular flexibility index (Phi) is 7.57. The molecule has 6 heteroatoms. The number of benzene rings is 1. The zero-order chi connectivity index (χ0) is 19.1. The number of rotatable bonds is 7. The largest absolute Gasteiger partial charge is 0.356 e. The molecule has 1 aromatic heterocycles. The molecular weight excluding hydrogens is 342 g/mol. The standard InChI is InChI=1S/C20H31N5S/c1-15(13-25-17(3)11-16(2)23-25)12-22-20(21-4)24(5)14-18-7-9-19(26-6)10-8-18/h7-11,15H,12-14H2,1-6H3,(H,21,22). The topological polar surface area (TPSA) is 45.5 Å². The van der Waals surface area contributed by atoms with Crippen molar-refractivity contribution in [3.8, 4) is 0 Å². The van der Waals surface area contributed by atoms with E-state index in [2.05, 4.69) is 82.5 Å². The quantitative estimate of drug-likeness (QED) is 0.458. The molecule has 1 heterocycles. The number of aryl methyl sites for hydroxylation is 2. The maximum absolute atomic E-state index is 4.55. The number of aromatic nitrogens is 2. The highest BCUT2D eigenvalue weighted by Crippen LogP contribution is 2.15. The molecule has 1 N–H and O–H groups in total. The van der Waals surface area contributed by atoms with Crippen molar-refractivity contribution in [3.05, 3.63) is 47.3 Å². The lowest BCUT2D eigenvalue weighted by Crippen LogP contribution is -2.40.